The Bertz CT molecular complexity index is 472. The number of ether oxygens (including phenoxy) is 1. The number of alkyl halides is 1. The maximum absolute atomic E-state index is 12.7. The summed E-state index contributed by atoms with van der Waals surface area (Å²) >= 11 is 0. The molecule has 0 N–H and O–H groups in total. The summed E-state index contributed by atoms with van der Waals surface area (Å²) in [5.74, 6) is 0.466. The van der Waals surface area contributed by atoms with Gasteiger partial charge in [0.1, 0.15) is 12.4 Å². The number of nitro benzene ring substituents is 1. The van der Waals surface area contributed by atoms with Gasteiger partial charge in [0.15, 0.2) is 5.60 Å². The van der Waals surface area contributed by atoms with E-state index in [1.165, 1.54) is 18.2 Å². The van der Waals surface area contributed by atoms with Gasteiger partial charge in [-0.05, 0) is 19.1 Å². The molecule has 0 bridgehead atoms. The van der Waals surface area contributed by atoms with Crippen molar-refractivity contribution in [3.05, 3.63) is 40.0 Å². The molecule has 0 saturated carbocycles. The Labute approximate surface area is 91.5 Å². The van der Waals surface area contributed by atoms with Gasteiger partial charge in [-0.2, -0.15) is 0 Å². The standard InChI is InChI=1S/C11H10FNO3/c1-11(7-12)5-4-8-6-9(13(14)15)2-3-10(8)16-11/h2-6H,7H2,1H3. The van der Waals surface area contributed by atoms with Gasteiger partial charge in [0.25, 0.3) is 5.69 Å². The predicted octanol–water partition coefficient (Wildman–Crippen LogP) is 2.73. The number of hydrogen-bond donors (Lipinski definition) is 0. The van der Waals surface area contributed by atoms with Crippen LogP contribution in [0, 0.1) is 10.1 Å². The van der Waals surface area contributed by atoms with E-state index in [0.717, 1.165) is 0 Å². The summed E-state index contributed by atoms with van der Waals surface area (Å²) in [6.07, 6.45) is 3.21. The number of nitro groups is 1. The van der Waals surface area contributed by atoms with Crippen molar-refractivity contribution in [2.24, 2.45) is 0 Å². The van der Waals surface area contributed by atoms with E-state index in [-0.39, 0.29) is 5.69 Å². The van der Waals surface area contributed by atoms with Crippen molar-refractivity contribution in [2.75, 3.05) is 6.67 Å². The summed E-state index contributed by atoms with van der Waals surface area (Å²) in [6, 6.07) is 4.24. The molecule has 0 aromatic heterocycles. The first-order chi connectivity index (χ1) is 7.54. The number of halogens is 1. The first-order valence-corrected chi connectivity index (χ1v) is 4.77. The highest BCUT2D eigenvalue weighted by Gasteiger charge is 2.28. The first-order valence-electron chi connectivity index (χ1n) is 4.77. The maximum Gasteiger partial charge on any atom is 0.270 e. The SMILES string of the molecule is CC1(CF)C=Cc2cc([N+](=O)[O-])ccc2O1. The van der Waals surface area contributed by atoms with Gasteiger partial charge in [0.05, 0.1) is 4.92 Å². The number of benzene rings is 1. The van der Waals surface area contributed by atoms with E-state index in [0.29, 0.717) is 11.3 Å². The quantitative estimate of drug-likeness (QED) is 0.572. The second kappa shape index (κ2) is 3.59. The molecule has 0 radical (unpaired) electrons. The third kappa shape index (κ3) is 1.76. The molecule has 4 nitrogen and oxygen atoms in total. The minimum absolute atomic E-state index is 0.00384. The van der Waals surface area contributed by atoms with Crippen LogP contribution in [0.4, 0.5) is 10.1 Å². The van der Waals surface area contributed by atoms with E-state index in [1.807, 2.05) is 0 Å². The highest BCUT2D eigenvalue weighted by molar-refractivity contribution is 5.64. The molecule has 0 fully saturated rings. The smallest absolute Gasteiger partial charge is 0.270 e. The number of non-ortho nitro benzene ring substituents is 1. The summed E-state index contributed by atoms with van der Waals surface area (Å²) in [4.78, 5) is 10.1. The van der Waals surface area contributed by atoms with Gasteiger partial charge in [-0.1, -0.05) is 6.08 Å². The van der Waals surface area contributed by atoms with E-state index >= 15 is 0 Å². The lowest BCUT2D eigenvalue weighted by atomic mass is 10.0. The largest absolute Gasteiger partial charge is 0.480 e. The Morgan fingerprint density at radius 1 is 1.56 bits per heavy atom. The lowest BCUT2D eigenvalue weighted by Crippen LogP contribution is -2.34. The summed E-state index contributed by atoms with van der Waals surface area (Å²) in [6.45, 7) is 0.980. The minimum Gasteiger partial charge on any atom is -0.480 e. The van der Waals surface area contributed by atoms with Crippen molar-refractivity contribution >= 4 is 11.8 Å². The van der Waals surface area contributed by atoms with Crippen LogP contribution in [-0.4, -0.2) is 17.2 Å². The molecular formula is C11H10FNO3. The van der Waals surface area contributed by atoms with Gasteiger partial charge in [0.2, 0.25) is 0 Å². The lowest BCUT2D eigenvalue weighted by Gasteiger charge is -2.28. The molecule has 1 heterocycles. The molecule has 1 aliphatic rings. The third-order valence-electron chi connectivity index (χ3n) is 2.43. The highest BCUT2D eigenvalue weighted by atomic mass is 19.1. The predicted molar refractivity (Wildman–Crippen MR) is 57.1 cm³/mol. The molecule has 0 aliphatic carbocycles. The van der Waals surface area contributed by atoms with E-state index in [4.69, 9.17) is 4.74 Å². The van der Waals surface area contributed by atoms with Gasteiger partial charge < -0.3 is 4.74 Å². The van der Waals surface area contributed by atoms with Crippen LogP contribution in [0.25, 0.3) is 6.08 Å². The fourth-order valence-corrected chi connectivity index (χ4v) is 1.50. The van der Waals surface area contributed by atoms with Crippen molar-refractivity contribution in [3.63, 3.8) is 0 Å². The van der Waals surface area contributed by atoms with E-state index in [9.17, 15) is 14.5 Å². The fraction of sp³-hybridized carbons (Fsp3) is 0.273. The zero-order valence-corrected chi connectivity index (χ0v) is 8.64. The van der Waals surface area contributed by atoms with Crippen molar-refractivity contribution in [3.8, 4) is 5.75 Å². The van der Waals surface area contributed by atoms with Crippen molar-refractivity contribution in [2.45, 2.75) is 12.5 Å². The van der Waals surface area contributed by atoms with Gasteiger partial charge >= 0.3 is 0 Å². The lowest BCUT2D eigenvalue weighted by molar-refractivity contribution is -0.384. The molecule has 1 aromatic carbocycles. The van der Waals surface area contributed by atoms with Crippen LogP contribution in [0.5, 0.6) is 5.75 Å². The van der Waals surface area contributed by atoms with Gasteiger partial charge in [-0.3, -0.25) is 10.1 Å². The van der Waals surface area contributed by atoms with Crippen molar-refractivity contribution in [1.82, 2.24) is 0 Å². The van der Waals surface area contributed by atoms with Crippen LogP contribution in [-0.2, 0) is 0 Å². The summed E-state index contributed by atoms with van der Waals surface area (Å²) < 4.78 is 18.1. The topological polar surface area (TPSA) is 52.4 Å². The molecule has 0 spiro atoms. The molecule has 1 unspecified atom stereocenters. The van der Waals surface area contributed by atoms with Crippen LogP contribution in [0.1, 0.15) is 12.5 Å². The van der Waals surface area contributed by atoms with Crippen molar-refractivity contribution < 1.29 is 14.1 Å². The van der Waals surface area contributed by atoms with Gasteiger partial charge in [0, 0.05) is 17.7 Å². The van der Waals surface area contributed by atoms with Crippen LogP contribution in [0.3, 0.4) is 0 Å². The van der Waals surface area contributed by atoms with Crippen LogP contribution in [0.2, 0.25) is 0 Å². The molecule has 0 saturated heterocycles. The maximum atomic E-state index is 12.7. The number of fused-ring (bicyclic) bond motifs is 1. The molecule has 1 aliphatic heterocycles. The molecule has 1 atom stereocenters. The Kier molecular flexibility index (Phi) is 2.38. The highest BCUT2D eigenvalue weighted by Crippen LogP contribution is 2.33. The second-order valence-electron chi connectivity index (χ2n) is 3.86. The molecular weight excluding hydrogens is 213 g/mol. The number of nitrogens with zero attached hydrogens (tertiary/aromatic N) is 1. The summed E-state index contributed by atoms with van der Waals surface area (Å²) in [5, 5.41) is 10.6. The Balaban J connectivity index is 2.40. The molecule has 2 rings (SSSR count). The summed E-state index contributed by atoms with van der Waals surface area (Å²) in [7, 11) is 0. The second-order valence-corrected chi connectivity index (χ2v) is 3.86. The fourth-order valence-electron chi connectivity index (χ4n) is 1.50. The average molecular weight is 223 g/mol. The van der Waals surface area contributed by atoms with Crippen molar-refractivity contribution in [1.29, 1.82) is 0 Å². The van der Waals surface area contributed by atoms with Gasteiger partial charge in [-0.25, -0.2) is 4.39 Å². The van der Waals surface area contributed by atoms with E-state index in [2.05, 4.69) is 0 Å². The average Bonchev–Trinajstić information content (AvgIpc) is 2.28. The van der Waals surface area contributed by atoms with Gasteiger partial charge in [-0.15, -0.1) is 0 Å². The number of hydrogen-bond acceptors (Lipinski definition) is 3. The van der Waals surface area contributed by atoms with Crippen LogP contribution in [0.15, 0.2) is 24.3 Å². The number of rotatable bonds is 2. The third-order valence-corrected chi connectivity index (χ3v) is 2.43. The summed E-state index contributed by atoms with van der Waals surface area (Å²) in [5.41, 5.74) is -0.376. The van der Waals surface area contributed by atoms with E-state index < -0.39 is 17.2 Å². The molecule has 84 valence electrons. The Hall–Kier alpha value is -1.91. The Morgan fingerprint density at radius 3 is 2.94 bits per heavy atom. The monoisotopic (exact) mass is 223 g/mol. The Morgan fingerprint density at radius 2 is 2.31 bits per heavy atom. The van der Waals surface area contributed by atoms with Crippen LogP contribution < -0.4 is 4.74 Å². The van der Waals surface area contributed by atoms with E-state index in [1.54, 1.807) is 19.1 Å². The minimum atomic E-state index is -0.969. The normalized spacial score (nSPS) is 22.4. The first kappa shape index (κ1) is 10.6. The zero-order chi connectivity index (χ0) is 11.8. The molecule has 0 amide bonds. The molecule has 16 heavy (non-hydrogen) atoms. The molecule has 5 heteroatoms. The molecule has 1 aromatic rings. The zero-order valence-electron chi connectivity index (χ0n) is 8.64. The van der Waals surface area contributed by atoms with Crippen LogP contribution >= 0.6 is 0 Å².